The number of fused-ring (bicyclic) bond motifs is 1. The highest BCUT2D eigenvalue weighted by atomic mass is 16.2. The maximum Gasteiger partial charge on any atom is 0.229 e. The third kappa shape index (κ3) is 1.70. The van der Waals surface area contributed by atoms with Crippen molar-refractivity contribution in [2.45, 2.75) is 13.3 Å². The number of hydrogen-bond donors (Lipinski definition) is 0. The normalized spacial score (nSPS) is 18.2. The van der Waals surface area contributed by atoms with E-state index in [2.05, 4.69) is 22.1 Å². The molecule has 0 saturated carbocycles. The van der Waals surface area contributed by atoms with Crippen molar-refractivity contribution in [3.8, 4) is 18.4 Å². The van der Waals surface area contributed by atoms with Crippen LogP contribution in [0.5, 0.6) is 0 Å². The summed E-state index contributed by atoms with van der Waals surface area (Å²) >= 11 is 0. The summed E-state index contributed by atoms with van der Waals surface area (Å²) in [7, 11) is 0. The maximum atomic E-state index is 12.1. The van der Waals surface area contributed by atoms with E-state index >= 15 is 0 Å². The Balaban J connectivity index is 2.22. The largest absolute Gasteiger partial charge is 0.294 e. The summed E-state index contributed by atoms with van der Waals surface area (Å²) in [6.45, 7) is 2.24. The first kappa shape index (κ1) is 12.2. The molecule has 0 aromatic carbocycles. The zero-order chi connectivity index (χ0) is 14.3. The average molecular weight is 265 g/mol. The third-order valence-electron chi connectivity index (χ3n) is 3.32. The Morgan fingerprint density at radius 1 is 1.55 bits per heavy atom. The molecular formula is C14H11N5O. The minimum absolute atomic E-state index is 0.0925. The van der Waals surface area contributed by atoms with Crippen molar-refractivity contribution >= 4 is 17.4 Å². The molecule has 1 atom stereocenters. The lowest BCUT2D eigenvalue weighted by Gasteiger charge is -2.18. The van der Waals surface area contributed by atoms with Crippen molar-refractivity contribution in [1.29, 1.82) is 5.26 Å². The van der Waals surface area contributed by atoms with Crippen LogP contribution < -0.4 is 4.90 Å². The van der Waals surface area contributed by atoms with E-state index in [9.17, 15) is 10.1 Å². The minimum atomic E-state index is -0.131. The van der Waals surface area contributed by atoms with Crippen LogP contribution in [-0.2, 0) is 4.79 Å². The van der Waals surface area contributed by atoms with Crippen LogP contribution in [-0.4, -0.2) is 27.0 Å². The van der Waals surface area contributed by atoms with Gasteiger partial charge in [-0.15, -0.1) is 12.3 Å². The van der Waals surface area contributed by atoms with Gasteiger partial charge in [0.1, 0.15) is 11.6 Å². The Hall–Kier alpha value is -2.86. The summed E-state index contributed by atoms with van der Waals surface area (Å²) in [5.41, 5.74) is 1.69. The molecule has 1 aliphatic heterocycles. The van der Waals surface area contributed by atoms with E-state index in [1.807, 2.05) is 6.92 Å². The van der Waals surface area contributed by atoms with Gasteiger partial charge < -0.3 is 0 Å². The Kier molecular flexibility index (Phi) is 2.66. The number of rotatable bonds is 1. The quantitative estimate of drug-likeness (QED) is 0.718. The molecule has 20 heavy (non-hydrogen) atoms. The Morgan fingerprint density at radius 2 is 2.35 bits per heavy atom. The number of nitrogens with zero attached hydrogens (tertiary/aromatic N) is 5. The van der Waals surface area contributed by atoms with Crippen LogP contribution in [0.25, 0.3) is 5.65 Å². The molecule has 0 radical (unpaired) electrons. The second-order valence-electron chi connectivity index (χ2n) is 4.74. The van der Waals surface area contributed by atoms with Crippen molar-refractivity contribution < 1.29 is 4.79 Å². The number of aromatic nitrogens is 3. The summed E-state index contributed by atoms with van der Waals surface area (Å²) in [5, 5.41) is 13.6. The van der Waals surface area contributed by atoms with Gasteiger partial charge in [0.2, 0.25) is 5.91 Å². The van der Waals surface area contributed by atoms with Gasteiger partial charge in [0.25, 0.3) is 0 Å². The summed E-state index contributed by atoms with van der Waals surface area (Å²) in [4.78, 5) is 17.8. The van der Waals surface area contributed by atoms with Gasteiger partial charge in [-0.3, -0.25) is 9.69 Å². The molecule has 2 aromatic rings. The van der Waals surface area contributed by atoms with Gasteiger partial charge in [0.05, 0.1) is 11.9 Å². The van der Waals surface area contributed by atoms with E-state index in [-0.39, 0.29) is 11.8 Å². The number of amides is 1. The number of hydrogen-bond acceptors (Lipinski definition) is 4. The molecule has 6 heteroatoms. The monoisotopic (exact) mass is 265 g/mol. The van der Waals surface area contributed by atoms with Crippen molar-refractivity contribution in [3.05, 3.63) is 23.5 Å². The predicted molar refractivity (Wildman–Crippen MR) is 71.7 cm³/mol. The first-order valence-electron chi connectivity index (χ1n) is 6.16. The average Bonchev–Trinajstić information content (AvgIpc) is 2.99. The highest BCUT2D eigenvalue weighted by Gasteiger charge is 2.32. The van der Waals surface area contributed by atoms with E-state index in [0.717, 1.165) is 5.69 Å². The highest BCUT2D eigenvalue weighted by Crippen LogP contribution is 2.27. The fourth-order valence-electron chi connectivity index (χ4n) is 2.40. The van der Waals surface area contributed by atoms with E-state index in [0.29, 0.717) is 30.0 Å². The maximum absolute atomic E-state index is 12.1. The number of nitriles is 1. The molecule has 0 N–H and O–H groups in total. The molecule has 3 heterocycles. The molecule has 1 unspecified atom stereocenters. The molecule has 1 aliphatic rings. The summed E-state index contributed by atoms with van der Waals surface area (Å²) < 4.78 is 1.53. The van der Waals surface area contributed by atoms with Gasteiger partial charge in [-0.05, 0) is 6.92 Å². The number of carbonyl (C=O) groups excluding carboxylic acids is 1. The van der Waals surface area contributed by atoms with Gasteiger partial charge >= 0.3 is 0 Å². The molecule has 3 rings (SSSR count). The molecule has 1 amide bonds. The van der Waals surface area contributed by atoms with Crippen molar-refractivity contribution in [2.24, 2.45) is 5.92 Å². The number of terminal acetylenes is 1. The number of carbonyl (C=O) groups is 1. The van der Waals surface area contributed by atoms with E-state index in [4.69, 9.17) is 6.42 Å². The summed E-state index contributed by atoms with van der Waals surface area (Å²) in [5.74, 6) is 2.82. The molecule has 0 bridgehead atoms. The lowest BCUT2D eigenvalue weighted by atomic mass is 10.1. The Labute approximate surface area is 115 Å². The number of anilines is 1. The Morgan fingerprint density at radius 3 is 3.00 bits per heavy atom. The molecule has 0 aliphatic carbocycles. The molecule has 6 nitrogen and oxygen atoms in total. The summed E-state index contributed by atoms with van der Waals surface area (Å²) in [6, 6.07) is 3.85. The van der Waals surface area contributed by atoms with Gasteiger partial charge in [-0.25, -0.2) is 4.98 Å². The molecular weight excluding hydrogens is 254 g/mol. The van der Waals surface area contributed by atoms with Crippen molar-refractivity contribution in [2.75, 3.05) is 11.4 Å². The van der Waals surface area contributed by atoms with Crippen LogP contribution in [0.1, 0.15) is 17.7 Å². The molecule has 0 spiro atoms. The van der Waals surface area contributed by atoms with Crippen LogP contribution in [0.4, 0.5) is 5.82 Å². The third-order valence-corrected chi connectivity index (χ3v) is 3.32. The fraction of sp³-hybridized carbons (Fsp3) is 0.286. The van der Waals surface area contributed by atoms with E-state index < -0.39 is 0 Å². The number of aryl methyl sites for hydroxylation is 1. The molecule has 98 valence electrons. The second-order valence-corrected chi connectivity index (χ2v) is 4.74. The van der Waals surface area contributed by atoms with Crippen LogP contribution in [0.3, 0.4) is 0 Å². The first-order valence-corrected chi connectivity index (χ1v) is 6.16. The molecule has 2 aromatic heterocycles. The van der Waals surface area contributed by atoms with Gasteiger partial charge in [-0.2, -0.15) is 14.9 Å². The minimum Gasteiger partial charge on any atom is -0.294 e. The lowest BCUT2D eigenvalue weighted by Crippen LogP contribution is -2.28. The standard InChI is InChI=1S/C14H11N5O/c1-3-10-5-13(20)18(8-10)14-11(6-15)7-16-12-4-9(2)17-19(12)14/h1,4,7,10H,5,8H2,2H3. The van der Waals surface area contributed by atoms with Crippen molar-refractivity contribution in [3.63, 3.8) is 0 Å². The van der Waals surface area contributed by atoms with E-state index in [1.54, 1.807) is 6.07 Å². The second kappa shape index (κ2) is 4.36. The van der Waals surface area contributed by atoms with Gasteiger partial charge in [0.15, 0.2) is 11.5 Å². The van der Waals surface area contributed by atoms with Crippen LogP contribution in [0.2, 0.25) is 0 Å². The SMILES string of the molecule is C#CC1CC(=O)N(c2c(C#N)cnc3cc(C)nn23)C1. The van der Waals surface area contributed by atoms with Crippen LogP contribution in [0, 0.1) is 36.5 Å². The molecule has 1 saturated heterocycles. The topological polar surface area (TPSA) is 74.3 Å². The van der Waals surface area contributed by atoms with Crippen LogP contribution >= 0.6 is 0 Å². The van der Waals surface area contributed by atoms with Crippen LogP contribution in [0.15, 0.2) is 12.3 Å². The zero-order valence-corrected chi connectivity index (χ0v) is 10.9. The first-order chi connectivity index (χ1) is 9.63. The molecule has 1 fully saturated rings. The van der Waals surface area contributed by atoms with E-state index in [1.165, 1.54) is 15.6 Å². The fourth-order valence-corrected chi connectivity index (χ4v) is 2.40. The van der Waals surface area contributed by atoms with Gasteiger partial charge in [0, 0.05) is 24.9 Å². The summed E-state index contributed by atoms with van der Waals surface area (Å²) in [6.07, 6.45) is 7.15. The Bertz CT molecular complexity index is 792. The van der Waals surface area contributed by atoms with Gasteiger partial charge in [-0.1, -0.05) is 0 Å². The zero-order valence-electron chi connectivity index (χ0n) is 10.9. The smallest absolute Gasteiger partial charge is 0.229 e. The van der Waals surface area contributed by atoms with Crippen molar-refractivity contribution in [1.82, 2.24) is 14.6 Å². The lowest BCUT2D eigenvalue weighted by molar-refractivity contribution is -0.117. The highest BCUT2D eigenvalue weighted by molar-refractivity contribution is 5.96. The predicted octanol–water partition coefficient (Wildman–Crippen LogP) is 0.895.